The van der Waals surface area contributed by atoms with Crippen molar-refractivity contribution in [2.24, 2.45) is 34.5 Å². The van der Waals surface area contributed by atoms with Gasteiger partial charge in [0, 0.05) is 37.8 Å². The van der Waals surface area contributed by atoms with Crippen molar-refractivity contribution in [2.45, 2.75) is 97.0 Å². The molecule has 4 saturated carbocycles. The van der Waals surface area contributed by atoms with Crippen molar-refractivity contribution in [3.63, 3.8) is 0 Å². The fraction of sp³-hybridized carbons (Fsp3) is 0.590. The summed E-state index contributed by atoms with van der Waals surface area (Å²) in [7, 11) is 0. The van der Waals surface area contributed by atoms with Crippen molar-refractivity contribution in [3.8, 4) is 0 Å². The van der Waals surface area contributed by atoms with E-state index >= 15 is 0 Å². The van der Waals surface area contributed by atoms with Gasteiger partial charge in [-0.1, -0.05) is 38.1 Å². The zero-order chi connectivity index (χ0) is 32.8. The molecule has 0 spiro atoms. The third-order valence-corrected chi connectivity index (χ3v) is 13.0. The van der Waals surface area contributed by atoms with Crippen LogP contribution in [0.15, 0.2) is 47.3 Å². The van der Waals surface area contributed by atoms with E-state index in [1.54, 1.807) is 24.3 Å². The molecule has 1 aromatic heterocycles. The number of nitrogens with one attached hydrogen (secondary N) is 2. The number of benzene rings is 2. The fourth-order valence-corrected chi connectivity index (χ4v) is 10.4. The lowest BCUT2D eigenvalue weighted by Gasteiger charge is -2.60. The van der Waals surface area contributed by atoms with Crippen LogP contribution in [-0.2, 0) is 16.0 Å². The van der Waals surface area contributed by atoms with Gasteiger partial charge in [0.25, 0.3) is 11.5 Å². The molecule has 47 heavy (non-hydrogen) atoms. The molecule has 250 valence electrons. The molecule has 1 amide bonds. The lowest BCUT2D eigenvalue weighted by Crippen LogP contribution is -2.54. The summed E-state index contributed by atoms with van der Waals surface area (Å²) in [5.74, 6) is 2.30. The monoisotopic (exact) mass is 641 g/mol. The maximum absolute atomic E-state index is 14.7. The number of aromatic nitrogens is 2. The van der Waals surface area contributed by atoms with Crippen LogP contribution < -0.4 is 10.9 Å². The molecule has 7 atom stereocenters. The summed E-state index contributed by atoms with van der Waals surface area (Å²) in [6.07, 6.45) is 12.3. The van der Waals surface area contributed by atoms with Gasteiger partial charge < -0.3 is 10.1 Å². The summed E-state index contributed by atoms with van der Waals surface area (Å²) in [6, 6.07) is 11.8. The number of hydrogen-bond acceptors (Lipinski definition) is 5. The molecular formula is C39H48FN3O4. The number of nitrogens with zero attached hydrogens (tertiary/aromatic N) is 1. The van der Waals surface area contributed by atoms with Crippen LogP contribution in [0.3, 0.4) is 0 Å². The Morgan fingerprint density at radius 1 is 0.979 bits per heavy atom. The highest BCUT2D eigenvalue weighted by atomic mass is 19.1. The number of carbonyl (C=O) groups is 2. The quantitative estimate of drug-likeness (QED) is 0.242. The van der Waals surface area contributed by atoms with Gasteiger partial charge in [0.2, 0.25) is 0 Å². The second-order valence-electron chi connectivity index (χ2n) is 15.4. The number of halogens is 1. The molecule has 8 heteroatoms. The third-order valence-electron chi connectivity index (χ3n) is 13.0. The summed E-state index contributed by atoms with van der Waals surface area (Å²) >= 11 is 0. The Balaban J connectivity index is 0.888. The number of ether oxygens (including phenoxy) is 1. The Labute approximate surface area is 276 Å². The van der Waals surface area contributed by atoms with Crippen molar-refractivity contribution in [1.82, 2.24) is 15.5 Å². The average molecular weight is 642 g/mol. The largest absolute Gasteiger partial charge is 0.378 e. The van der Waals surface area contributed by atoms with E-state index in [0.29, 0.717) is 53.7 Å². The lowest BCUT2D eigenvalue weighted by atomic mass is 9.45. The van der Waals surface area contributed by atoms with Gasteiger partial charge in [-0.25, -0.2) is 9.49 Å². The third kappa shape index (κ3) is 5.96. The molecule has 0 bridgehead atoms. The van der Waals surface area contributed by atoms with Crippen molar-refractivity contribution < 1.29 is 18.7 Å². The van der Waals surface area contributed by atoms with E-state index in [4.69, 9.17) is 4.74 Å². The summed E-state index contributed by atoms with van der Waals surface area (Å²) in [5.41, 5.74) is 1.72. The van der Waals surface area contributed by atoms with E-state index in [1.807, 2.05) is 12.1 Å². The average Bonchev–Trinajstić information content (AvgIpc) is 3.41. The first-order valence-electron chi connectivity index (χ1n) is 17.8. The maximum atomic E-state index is 14.7. The predicted molar refractivity (Wildman–Crippen MR) is 180 cm³/mol. The number of ketones is 1. The molecule has 7 nitrogen and oxygen atoms in total. The van der Waals surface area contributed by atoms with Crippen molar-refractivity contribution in [3.05, 3.63) is 75.5 Å². The molecule has 0 saturated heterocycles. The first-order chi connectivity index (χ1) is 22.7. The Morgan fingerprint density at radius 3 is 2.64 bits per heavy atom. The smallest absolute Gasteiger partial charge is 0.272 e. The van der Waals surface area contributed by atoms with Gasteiger partial charge in [-0.05, 0) is 116 Å². The molecule has 2 N–H and O–H groups in total. The first kappa shape index (κ1) is 32.2. The van der Waals surface area contributed by atoms with Crippen LogP contribution in [0.4, 0.5) is 4.39 Å². The molecule has 4 aliphatic rings. The number of hydrogen-bond donors (Lipinski definition) is 2. The number of amides is 1. The highest BCUT2D eigenvalue weighted by Gasteiger charge is 2.60. The van der Waals surface area contributed by atoms with E-state index in [2.05, 4.69) is 29.4 Å². The fourth-order valence-electron chi connectivity index (χ4n) is 10.4. The topological polar surface area (TPSA) is 101 Å². The van der Waals surface area contributed by atoms with Gasteiger partial charge in [-0.15, -0.1) is 0 Å². The van der Waals surface area contributed by atoms with Crippen molar-refractivity contribution in [2.75, 3.05) is 13.2 Å². The Bertz CT molecular complexity index is 1720. The number of aromatic amines is 1. The van der Waals surface area contributed by atoms with Gasteiger partial charge >= 0.3 is 0 Å². The molecular weight excluding hydrogens is 593 g/mol. The Morgan fingerprint density at radius 2 is 1.79 bits per heavy atom. The molecule has 4 aliphatic carbocycles. The van der Waals surface area contributed by atoms with Crippen LogP contribution in [0, 0.1) is 40.3 Å². The van der Waals surface area contributed by atoms with Crippen LogP contribution in [0.5, 0.6) is 0 Å². The van der Waals surface area contributed by atoms with E-state index in [9.17, 15) is 18.8 Å². The second kappa shape index (κ2) is 12.9. The molecule has 0 aliphatic heterocycles. The van der Waals surface area contributed by atoms with E-state index in [0.717, 1.165) is 61.3 Å². The number of rotatable bonds is 9. The number of H-pyrrole nitrogens is 1. The van der Waals surface area contributed by atoms with Gasteiger partial charge in [-0.2, -0.15) is 5.10 Å². The Kier molecular flexibility index (Phi) is 8.83. The van der Waals surface area contributed by atoms with E-state index in [-0.39, 0.29) is 22.6 Å². The minimum Gasteiger partial charge on any atom is -0.378 e. The highest BCUT2D eigenvalue weighted by Crippen LogP contribution is 2.66. The predicted octanol–water partition coefficient (Wildman–Crippen LogP) is 7.16. The number of Topliss-reactive ketones (excluding diaryl/α,β-unsaturated/α-hetero) is 1. The SMILES string of the molecule is C[C@]12CCC(=O)C[C@@H]1CC[C@@H]1[C@@H]2CC[C@]2(C)[C@@H](OCCCCNC(=O)c3cc(Cc4n[nH]c(=O)c5ccccc45)ccc3F)CC[C@@H]12. The zero-order valence-corrected chi connectivity index (χ0v) is 27.8. The number of unbranched alkanes of at least 4 members (excludes halogenated alkanes) is 1. The lowest BCUT2D eigenvalue weighted by molar-refractivity contribution is -0.145. The van der Waals surface area contributed by atoms with Gasteiger partial charge in [0.05, 0.1) is 22.7 Å². The normalized spacial score (nSPS) is 31.6. The van der Waals surface area contributed by atoms with Crippen LogP contribution in [0.1, 0.15) is 106 Å². The molecule has 4 fully saturated rings. The minimum absolute atomic E-state index is 0.00993. The molecule has 7 rings (SSSR count). The minimum atomic E-state index is -0.563. The van der Waals surface area contributed by atoms with E-state index < -0.39 is 11.7 Å². The Hall–Kier alpha value is -3.39. The maximum Gasteiger partial charge on any atom is 0.272 e. The summed E-state index contributed by atoms with van der Waals surface area (Å²) in [6.45, 7) is 6.10. The molecule has 0 radical (unpaired) electrons. The summed E-state index contributed by atoms with van der Waals surface area (Å²) in [4.78, 5) is 37.3. The van der Waals surface area contributed by atoms with Crippen LogP contribution in [-0.4, -0.2) is 41.1 Å². The van der Waals surface area contributed by atoms with Gasteiger partial charge in [0.1, 0.15) is 11.6 Å². The van der Waals surface area contributed by atoms with Gasteiger partial charge in [0.15, 0.2) is 0 Å². The van der Waals surface area contributed by atoms with Crippen LogP contribution in [0.25, 0.3) is 10.8 Å². The molecule has 2 aromatic carbocycles. The number of carbonyl (C=O) groups excluding carboxylic acids is 2. The highest BCUT2D eigenvalue weighted by molar-refractivity contribution is 5.94. The number of fused-ring (bicyclic) bond motifs is 6. The van der Waals surface area contributed by atoms with E-state index in [1.165, 1.54) is 38.2 Å². The van der Waals surface area contributed by atoms with Crippen LogP contribution >= 0.6 is 0 Å². The first-order valence-corrected chi connectivity index (χ1v) is 17.8. The molecule has 0 unspecified atom stereocenters. The molecule has 1 heterocycles. The van der Waals surface area contributed by atoms with Crippen molar-refractivity contribution in [1.29, 1.82) is 0 Å². The van der Waals surface area contributed by atoms with Crippen molar-refractivity contribution >= 4 is 22.5 Å². The standard InChI is InChI=1S/C39H48FN3O4/c1-38-17-15-26(44)23-25(38)10-11-29-31-12-14-35(39(31,2)18-16-32(29)38)47-20-6-5-19-41-36(45)30-21-24(9-13-33(30)40)22-34-27-7-3-4-8-28(27)37(46)43-42-34/h3-4,7-9,13,21,25,29,31-32,35H,5-6,10-12,14-20,22-23H2,1-2H3,(H,41,45)(H,43,46)/t25-,29-,31-,32-,35-,38-,39-/m0/s1. The zero-order valence-electron chi connectivity index (χ0n) is 27.8. The second-order valence-corrected chi connectivity index (χ2v) is 15.4. The molecule has 3 aromatic rings. The van der Waals surface area contributed by atoms with Crippen LogP contribution in [0.2, 0.25) is 0 Å². The summed E-state index contributed by atoms with van der Waals surface area (Å²) in [5, 5.41) is 10.9. The van der Waals surface area contributed by atoms with Gasteiger partial charge in [-0.3, -0.25) is 14.4 Å². The summed E-state index contributed by atoms with van der Waals surface area (Å²) < 4.78 is 21.3.